The summed E-state index contributed by atoms with van der Waals surface area (Å²) >= 11 is 5.53. The highest BCUT2D eigenvalue weighted by atomic mass is 35.5. The zero-order chi connectivity index (χ0) is 5.82. The molecule has 0 saturated carbocycles. The first-order valence-corrected chi connectivity index (χ1v) is 3.29. The number of halogens is 1. The summed E-state index contributed by atoms with van der Waals surface area (Å²) in [5.74, 6) is 0. The van der Waals surface area contributed by atoms with Crippen LogP contribution in [0.15, 0.2) is 0 Å². The predicted octanol–water partition coefficient (Wildman–Crippen LogP) is 1.56. The Morgan fingerprint density at radius 2 is 2.12 bits per heavy atom. The van der Waals surface area contributed by atoms with Gasteiger partial charge in [0.1, 0.15) is 0 Å². The summed E-state index contributed by atoms with van der Waals surface area (Å²) < 4.78 is 1.40. The van der Waals surface area contributed by atoms with Gasteiger partial charge in [-0.15, -0.1) is 0 Å². The van der Waals surface area contributed by atoms with Gasteiger partial charge in [-0.25, -0.2) is 0 Å². The molecule has 3 heteroatoms. The third-order valence-electron chi connectivity index (χ3n) is 1.21. The Balaban J connectivity index is 2.17. The van der Waals surface area contributed by atoms with E-state index in [0.29, 0.717) is 0 Å². The molecule has 0 radical (unpaired) electrons. The van der Waals surface area contributed by atoms with E-state index >= 15 is 0 Å². The molecule has 1 saturated heterocycles. The zero-order valence-corrected chi connectivity index (χ0v) is 5.52. The Morgan fingerprint density at radius 1 is 1.25 bits per heavy atom. The van der Waals surface area contributed by atoms with E-state index in [-0.39, 0.29) is 0 Å². The summed E-state index contributed by atoms with van der Waals surface area (Å²) in [6.07, 6.45) is 3.54. The van der Waals surface area contributed by atoms with E-state index in [9.17, 15) is 0 Å². The molecule has 0 aromatic rings. The first kappa shape index (κ1) is 6.33. The first-order valence-electron chi connectivity index (χ1n) is 2.96. The Morgan fingerprint density at radius 3 is 3.00 bits per heavy atom. The highest BCUT2D eigenvalue weighted by Crippen LogP contribution is 2.07. The highest BCUT2D eigenvalue weighted by Gasteiger charge is 2.04. The third kappa shape index (κ3) is 1.99. The molecule has 0 aromatic heterocycles. The maximum atomic E-state index is 5.53. The van der Waals surface area contributed by atoms with E-state index in [0.717, 1.165) is 26.0 Å². The fraction of sp³-hybridized carbons (Fsp3) is 1.00. The molecule has 0 N–H and O–H groups in total. The van der Waals surface area contributed by atoms with Crippen LogP contribution in [0.3, 0.4) is 0 Å². The second-order valence-corrected chi connectivity index (χ2v) is 2.31. The van der Waals surface area contributed by atoms with Gasteiger partial charge in [-0.2, -0.15) is 0 Å². The fourth-order valence-electron chi connectivity index (χ4n) is 0.743. The third-order valence-corrected chi connectivity index (χ3v) is 1.48. The molecule has 0 aromatic carbocycles. The van der Waals surface area contributed by atoms with Crippen molar-refractivity contribution in [2.45, 2.75) is 19.3 Å². The van der Waals surface area contributed by atoms with Gasteiger partial charge >= 0.3 is 0 Å². The normalized spacial score (nSPS) is 25.1. The molecular formula is C5H10ClNO. The number of hydroxylamine groups is 1. The predicted molar refractivity (Wildman–Crippen MR) is 32.4 cm³/mol. The van der Waals surface area contributed by atoms with Crippen molar-refractivity contribution in [1.82, 2.24) is 4.58 Å². The lowest BCUT2D eigenvalue weighted by Gasteiger charge is -2.06. The quantitative estimate of drug-likeness (QED) is 0.468. The van der Waals surface area contributed by atoms with Crippen molar-refractivity contribution in [2.75, 3.05) is 13.2 Å². The van der Waals surface area contributed by atoms with Crippen molar-refractivity contribution >= 4 is 11.8 Å². The van der Waals surface area contributed by atoms with Crippen LogP contribution in [0.25, 0.3) is 0 Å². The number of nitrogens with zero attached hydrogens (tertiary/aromatic N) is 1. The maximum Gasteiger partial charge on any atom is 0.0700 e. The van der Waals surface area contributed by atoms with E-state index in [2.05, 4.69) is 0 Å². The van der Waals surface area contributed by atoms with Crippen LogP contribution in [0.1, 0.15) is 19.3 Å². The molecular weight excluding hydrogens is 126 g/mol. The molecule has 0 bridgehead atoms. The highest BCUT2D eigenvalue weighted by molar-refractivity contribution is 6.12. The standard InChI is InChI=1S/C5H10ClNO/c6-7-4-2-1-3-5-8-7/h1-5H2. The molecule has 48 valence electrons. The molecule has 0 atom stereocenters. The molecule has 1 aliphatic heterocycles. The van der Waals surface area contributed by atoms with Crippen molar-refractivity contribution < 1.29 is 4.84 Å². The summed E-state index contributed by atoms with van der Waals surface area (Å²) in [7, 11) is 0. The minimum Gasteiger partial charge on any atom is -0.284 e. The SMILES string of the molecule is ClN1CCCCCO1. The van der Waals surface area contributed by atoms with Crippen LogP contribution >= 0.6 is 11.8 Å². The van der Waals surface area contributed by atoms with Gasteiger partial charge in [0.25, 0.3) is 0 Å². The topological polar surface area (TPSA) is 12.5 Å². The van der Waals surface area contributed by atoms with Crippen molar-refractivity contribution in [3.05, 3.63) is 0 Å². The zero-order valence-electron chi connectivity index (χ0n) is 4.77. The summed E-state index contributed by atoms with van der Waals surface area (Å²) in [5.41, 5.74) is 0. The molecule has 8 heavy (non-hydrogen) atoms. The van der Waals surface area contributed by atoms with Crippen molar-refractivity contribution in [2.24, 2.45) is 0 Å². The molecule has 0 unspecified atom stereocenters. The summed E-state index contributed by atoms with van der Waals surface area (Å²) in [6, 6.07) is 0. The average molecular weight is 136 g/mol. The van der Waals surface area contributed by atoms with Crippen molar-refractivity contribution in [3.8, 4) is 0 Å². The van der Waals surface area contributed by atoms with E-state index in [1.807, 2.05) is 0 Å². The Bertz CT molecular complexity index is 61.4. The second-order valence-electron chi connectivity index (χ2n) is 1.94. The maximum absolute atomic E-state index is 5.53. The summed E-state index contributed by atoms with van der Waals surface area (Å²) in [4.78, 5) is 5.00. The number of rotatable bonds is 0. The molecule has 0 spiro atoms. The van der Waals surface area contributed by atoms with Crippen LogP contribution in [0.4, 0.5) is 0 Å². The molecule has 0 amide bonds. The summed E-state index contributed by atoms with van der Waals surface area (Å²) in [5, 5.41) is 0. The van der Waals surface area contributed by atoms with E-state index in [4.69, 9.17) is 16.6 Å². The Labute approximate surface area is 54.4 Å². The lowest BCUT2D eigenvalue weighted by atomic mass is 10.2. The van der Waals surface area contributed by atoms with Crippen molar-refractivity contribution in [3.63, 3.8) is 0 Å². The van der Waals surface area contributed by atoms with Gasteiger partial charge in [0.15, 0.2) is 0 Å². The molecule has 1 aliphatic rings. The lowest BCUT2D eigenvalue weighted by molar-refractivity contribution is -0.0740. The molecule has 1 rings (SSSR count). The largest absolute Gasteiger partial charge is 0.284 e. The van der Waals surface area contributed by atoms with Crippen LogP contribution < -0.4 is 0 Å². The van der Waals surface area contributed by atoms with E-state index in [1.165, 1.54) is 11.0 Å². The Hall–Kier alpha value is 0.210. The van der Waals surface area contributed by atoms with E-state index in [1.54, 1.807) is 0 Å². The van der Waals surface area contributed by atoms with Crippen LogP contribution in [-0.4, -0.2) is 17.7 Å². The molecule has 0 aliphatic carbocycles. The van der Waals surface area contributed by atoms with Crippen LogP contribution in [0.5, 0.6) is 0 Å². The molecule has 1 heterocycles. The van der Waals surface area contributed by atoms with Crippen molar-refractivity contribution in [1.29, 1.82) is 0 Å². The monoisotopic (exact) mass is 135 g/mol. The van der Waals surface area contributed by atoms with Gasteiger partial charge in [0, 0.05) is 18.3 Å². The number of hydrogen-bond donors (Lipinski definition) is 0. The summed E-state index contributed by atoms with van der Waals surface area (Å²) in [6.45, 7) is 1.64. The van der Waals surface area contributed by atoms with Gasteiger partial charge in [0.2, 0.25) is 0 Å². The van der Waals surface area contributed by atoms with Gasteiger partial charge < -0.3 is 0 Å². The van der Waals surface area contributed by atoms with E-state index < -0.39 is 0 Å². The lowest BCUT2D eigenvalue weighted by Crippen LogP contribution is -2.11. The molecule has 2 nitrogen and oxygen atoms in total. The van der Waals surface area contributed by atoms with Gasteiger partial charge in [-0.05, 0) is 19.3 Å². The van der Waals surface area contributed by atoms with Crippen LogP contribution in [0.2, 0.25) is 0 Å². The smallest absolute Gasteiger partial charge is 0.0700 e. The first-order chi connectivity index (χ1) is 3.89. The minimum atomic E-state index is 0.781. The van der Waals surface area contributed by atoms with Crippen LogP contribution in [0, 0.1) is 0 Å². The molecule has 1 fully saturated rings. The second kappa shape index (κ2) is 3.28. The fourth-order valence-corrected chi connectivity index (χ4v) is 0.932. The van der Waals surface area contributed by atoms with Gasteiger partial charge in [-0.1, -0.05) is 4.58 Å². The number of hydrogen-bond acceptors (Lipinski definition) is 2. The minimum absolute atomic E-state index is 0.781. The van der Waals surface area contributed by atoms with Gasteiger partial charge in [-0.3, -0.25) is 4.84 Å². The Kier molecular flexibility index (Phi) is 2.59. The average Bonchev–Trinajstić information content (AvgIpc) is 1.94. The van der Waals surface area contributed by atoms with Gasteiger partial charge in [0.05, 0.1) is 6.61 Å². The van der Waals surface area contributed by atoms with Crippen LogP contribution in [-0.2, 0) is 4.84 Å².